The molecule has 0 aromatic carbocycles. The Kier molecular flexibility index (Phi) is 5.21. The van der Waals surface area contributed by atoms with Crippen LogP contribution in [0.2, 0.25) is 0 Å². The first-order valence-corrected chi connectivity index (χ1v) is 5.83. The highest BCUT2D eigenvalue weighted by Gasteiger charge is 2.25. The predicted molar refractivity (Wildman–Crippen MR) is 61.8 cm³/mol. The van der Waals surface area contributed by atoms with E-state index in [-0.39, 0.29) is 24.7 Å². The standard InChI is InChI=1S/C11H20N2O4/c1-7(10(14)15)6-12-11(16)13-8-3-4-9(5-8)17-2/h7-9H,3-6H2,1-2H3,(H,14,15)(H2,12,13,16). The van der Waals surface area contributed by atoms with E-state index in [1.165, 1.54) is 0 Å². The van der Waals surface area contributed by atoms with Gasteiger partial charge in [0.1, 0.15) is 0 Å². The highest BCUT2D eigenvalue weighted by atomic mass is 16.5. The van der Waals surface area contributed by atoms with Gasteiger partial charge in [0.05, 0.1) is 12.0 Å². The highest BCUT2D eigenvalue weighted by Crippen LogP contribution is 2.21. The average molecular weight is 244 g/mol. The molecule has 0 saturated heterocycles. The van der Waals surface area contributed by atoms with Crippen LogP contribution in [0.15, 0.2) is 0 Å². The van der Waals surface area contributed by atoms with Gasteiger partial charge in [-0.25, -0.2) is 4.79 Å². The fraction of sp³-hybridized carbons (Fsp3) is 0.818. The summed E-state index contributed by atoms with van der Waals surface area (Å²) >= 11 is 0. The van der Waals surface area contributed by atoms with Crippen LogP contribution in [0.3, 0.4) is 0 Å². The van der Waals surface area contributed by atoms with Crippen LogP contribution in [0.4, 0.5) is 4.79 Å². The van der Waals surface area contributed by atoms with Crippen molar-refractivity contribution >= 4 is 12.0 Å². The summed E-state index contributed by atoms with van der Waals surface area (Å²) in [6.45, 7) is 1.70. The van der Waals surface area contributed by atoms with Gasteiger partial charge in [-0.05, 0) is 19.3 Å². The summed E-state index contributed by atoms with van der Waals surface area (Å²) in [7, 11) is 1.67. The summed E-state index contributed by atoms with van der Waals surface area (Å²) in [6.07, 6.45) is 2.89. The van der Waals surface area contributed by atoms with Gasteiger partial charge in [-0.2, -0.15) is 0 Å². The molecule has 0 heterocycles. The Hall–Kier alpha value is -1.30. The van der Waals surface area contributed by atoms with E-state index < -0.39 is 11.9 Å². The van der Waals surface area contributed by atoms with Gasteiger partial charge in [0.2, 0.25) is 0 Å². The largest absolute Gasteiger partial charge is 0.481 e. The summed E-state index contributed by atoms with van der Waals surface area (Å²) < 4.78 is 5.20. The minimum absolute atomic E-state index is 0.125. The zero-order valence-electron chi connectivity index (χ0n) is 10.2. The van der Waals surface area contributed by atoms with Crippen LogP contribution in [0.25, 0.3) is 0 Å². The smallest absolute Gasteiger partial charge is 0.315 e. The molecule has 98 valence electrons. The van der Waals surface area contributed by atoms with E-state index in [0.29, 0.717) is 0 Å². The lowest BCUT2D eigenvalue weighted by molar-refractivity contribution is -0.140. The van der Waals surface area contributed by atoms with Gasteiger partial charge in [0, 0.05) is 19.7 Å². The Labute approximate surface area is 101 Å². The number of carbonyl (C=O) groups is 2. The van der Waals surface area contributed by atoms with Crippen molar-refractivity contribution in [3.63, 3.8) is 0 Å². The van der Waals surface area contributed by atoms with Crippen molar-refractivity contribution in [2.24, 2.45) is 5.92 Å². The molecule has 1 aliphatic rings. The average Bonchev–Trinajstić information content (AvgIpc) is 2.73. The Bertz CT molecular complexity index is 283. The van der Waals surface area contributed by atoms with Crippen LogP contribution in [0, 0.1) is 5.92 Å². The topological polar surface area (TPSA) is 87.7 Å². The van der Waals surface area contributed by atoms with E-state index in [0.717, 1.165) is 19.3 Å². The number of carboxylic acid groups (broad SMARTS) is 1. The molecule has 0 radical (unpaired) electrons. The van der Waals surface area contributed by atoms with E-state index in [9.17, 15) is 9.59 Å². The van der Waals surface area contributed by atoms with Gasteiger partial charge in [0.25, 0.3) is 0 Å². The normalized spacial score (nSPS) is 25.3. The van der Waals surface area contributed by atoms with Crippen molar-refractivity contribution in [2.75, 3.05) is 13.7 Å². The van der Waals surface area contributed by atoms with Crippen molar-refractivity contribution < 1.29 is 19.4 Å². The number of hydrogen-bond donors (Lipinski definition) is 3. The lowest BCUT2D eigenvalue weighted by Gasteiger charge is -2.14. The summed E-state index contributed by atoms with van der Waals surface area (Å²) in [4.78, 5) is 22.0. The highest BCUT2D eigenvalue weighted by molar-refractivity contribution is 5.76. The van der Waals surface area contributed by atoms with Crippen LogP contribution in [-0.2, 0) is 9.53 Å². The lowest BCUT2D eigenvalue weighted by atomic mass is 10.2. The summed E-state index contributed by atoms with van der Waals surface area (Å²) in [5.41, 5.74) is 0. The van der Waals surface area contributed by atoms with E-state index in [1.54, 1.807) is 14.0 Å². The van der Waals surface area contributed by atoms with Crippen LogP contribution in [0.5, 0.6) is 0 Å². The fourth-order valence-electron chi connectivity index (χ4n) is 1.85. The molecule has 1 fully saturated rings. The molecule has 6 nitrogen and oxygen atoms in total. The molecular formula is C11H20N2O4. The third-order valence-corrected chi connectivity index (χ3v) is 3.04. The Morgan fingerprint density at radius 3 is 2.71 bits per heavy atom. The zero-order valence-corrected chi connectivity index (χ0v) is 10.2. The van der Waals surface area contributed by atoms with Crippen LogP contribution in [-0.4, -0.2) is 42.9 Å². The summed E-state index contributed by atoms with van der Waals surface area (Å²) in [5.74, 6) is -1.48. The number of aliphatic carboxylic acids is 1. The monoisotopic (exact) mass is 244 g/mol. The minimum atomic E-state index is -0.911. The second-order valence-electron chi connectivity index (χ2n) is 4.46. The molecule has 3 unspecified atom stereocenters. The molecule has 0 aliphatic heterocycles. The maximum atomic E-state index is 11.5. The van der Waals surface area contributed by atoms with Crippen molar-refractivity contribution in [1.29, 1.82) is 0 Å². The first-order valence-electron chi connectivity index (χ1n) is 5.83. The van der Waals surface area contributed by atoms with Crippen molar-refractivity contribution in [1.82, 2.24) is 10.6 Å². The van der Waals surface area contributed by atoms with Crippen LogP contribution >= 0.6 is 0 Å². The number of methoxy groups -OCH3 is 1. The van der Waals surface area contributed by atoms with E-state index in [2.05, 4.69) is 10.6 Å². The molecule has 1 rings (SSSR count). The number of carboxylic acids is 1. The third-order valence-electron chi connectivity index (χ3n) is 3.04. The predicted octanol–water partition coefficient (Wildman–Crippen LogP) is 0.574. The molecule has 1 aliphatic carbocycles. The molecule has 0 spiro atoms. The molecule has 1 saturated carbocycles. The Morgan fingerprint density at radius 2 is 2.18 bits per heavy atom. The molecule has 3 atom stereocenters. The number of amides is 2. The fourth-order valence-corrected chi connectivity index (χ4v) is 1.85. The maximum absolute atomic E-state index is 11.5. The van der Waals surface area contributed by atoms with Crippen LogP contribution < -0.4 is 10.6 Å². The van der Waals surface area contributed by atoms with E-state index >= 15 is 0 Å². The molecule has 0 aromatic heterocycles. The second-order valence-corrected chi connectivity index (χ2v) is 4.46. The number of carbonyl (C=O) groups excluding carboxylic acids is 1. The van der Waals surface area contributed by atoms with Gasteiger partial charge < -0.3 is 20.5 Å². The van der Waals surface area contributed by atoms with Gasteiger partial charge in [0.15, 0.2) is 0 Å². The van der Waals surface area contributed by atoms with E-state index in [4.69, 9.17) is 9.84 Å². The lowest BCUT2D eigenvalue weighted by Crippen LogP contribution is -2.43. The van der Waals surface area contributed by atoms with Gasteiger partial charge in [-0.15, -0.1) is 0 Å². The van der Waals surface area contributed by atoms with Gasteiger partial charge in [-0.3, -0.25) is 4.79 Å². The van der Waals surface area contributed by atoms with Crippen LogP contribution in [0.1, 0.15) is 26.2 Å². The molecule has 3 N–H and O–H groups in total. The summed E-state index contributed by atoms with van der Waals surface area (Å²) in [6, 6.07) is -0.181. The quantitative estimate of drug-likeness (QED) is 0.660. The van der Waals surface area contributed by atoms with Crippen molar-refractivity contribution in [3.05, 3.63) is 0 Å². The maximum Gasteiger partial charge on any atom is 0.315 e. The number of hydrogen-bond acceptors (Lipinski definition) is 3. The molecule has 17 heavy (non-hydrogen) atoms. The molecule has 6 heteroatoms. The number of ether oxygens (including phenoxy) is 1. The molecule has 2 amide bonds. The minimum Gasteiger partial charge on any atom is -0.481 e. The van der Waals surface area contributed by atoms with Gasteiger partial charge >= 0.3 is 12.0 Å². The molecule has 0 aromatic rings. The number of rotatable bonds is 5. The Morgan fingerprint density at radius 1 is 1.47 bits per heavy atom. The van der Waals surface area contributed by atoms with Crippen molar-refractivity contribution in [3.8, 4) is 0 Å². The van der Waals surface area contributed by atoms with Gasteiger partial charge in [-0.1, -0.05) is 6.92 Å². The Balaban J connectivity index is 2.19. The number of urea groups is 1. The summed E-state index contributed by atoms with van der Waals surface area (Å²) in [5, 5.41) is 14.0. The first kappa shape index (κ1) is 13.8. The van der Waals surface area contributed by atoms with E-state index in [1.807, 2.05) is 0 Å². The second kappa shape index (κ2) is 6.44. The molecular weight excluding hydrogens is 224 g/mol. The molecule has 0 bridgehead atoms. The number of nitrogens with one attached hydrogen (secondary N) is 2. The SMILES string of the molecule is COC1CCC(NC(=O)NCC(C)C(=O)O)C1. The zero-order chi connectivity index (χ0) is 12.8. The third kappa shape index (κ3) is 4.60. The van der Waals surface area contributed by atoms with Crippen molar-refractivity contribution in [2.45, 2.75) is 38.3 Å². The first-order chi connectivity index (χ1) is 8.02.